The van der Waals surface area contributed by atoms with Crippen LogP contribution in [0.2, 0.25) is 0 Å². The molecule has 0 aliphatic carbocycles. The highest BCUT2D eigenvalue weighted by molar-refractivity contribution is 7.89. The summed E-state index contributed by atoms with van der Waals surface area (Å²) in [6.07, 6.45) is 3.49. The van der Waals surface area contributed by atoms with Gasteiger partial charge in [0.15, 0.2) is 0 Å². The number of hydrogen-bond donors (Lipinski definition) is 2. The topological polar surface area (TPSA) is 82.3 Å². The molecule has 1 aromatic rings. The first kappa shape index (κ1) is 16.9. The SMILES string of the molecule is CC(C)CC(CNS(=O)(=O)c1c[nH]ccc1=O)N(C)C. The number of rotatable bonds is 7. The van der Waals surface area contributed by atoms with Gasteiger partial charge >= 0.3 is 0 Å². The van der Waals surface area contributed by atoms with E-state index in [1.165, 1.54) is 18.5 Å². The molecule has 1 atom stereocenters. The van der Waals surface area contributed by atoms with E-state index in [2.05, 4.69) is 23.6 Å². The molecule has 0 aliphatic rings. The summed E-state index contributed by atoms with van der Waals surface area (Å²) in [4.78, 5) is 15.9. The minimum absolute atomic E-state index is 0.0903. The second kappa shape index (κ2) is 7.01. The van der Waals surface area contributed by atoms with Crippen molar-refractivity contribution >= 4 is 10.0 Å². The summed E-state index contributed by atoms with van der Waals surface area (Å²) < 4.78 is 26.7. The normalized spacial score (nSPS) is 13.9. The molecule has 1 heterocycles. The van der Waals surface area contributed by atoms with Gasteiger partial charge in [-0.2, -0.15) is 0 Å². The van der Waals surface area contributed by atoms with Crippen molar-refractivity contribution in [3.05, 3.63) is 28.7 Å². The second-order valence-electron chi connectivity index (χ2n) is 5.47. The number of nitrogens with zero attached hydrogens (tertiary/aromatic N) is 1. The quantitative estimate of drug-likeness (QED) is 0.774. The number of likely N-dealkylation sites (N-methyl/N-ethyl adjacent to an activating group) is 1. The summed E-state index contributed by atoms with van der Waals surface area (Å²) in [6.45, 7) is 4.46. The van der Waals surface area contributed by atoms with E-state index in [0.29, 0.717) is 5.92 Å². The van der Waals surface area contributed by atoms with Gasteiger partial charge in [-0.05, 0) is 26.4 Å². The lowest BCUT2D eigenvalue weighted by atomic mass is 10.0. The molecule has 0 aromatic carbocycles. The monoisotopic (exact) mass is 301 g/mol. The summed E-state index contributed by atoms with van der Waals surface area (Å²) in [5, 5.41) is 0. The van der Waals surface area contributed by atoms with Crippen molar-refractivity contribution in [1.82, 2.24) is 14.6 Å². The molecule has 0 saturated heterocycles. The summed E-state index contributed by atoms with van der Waals surface area (Å²) >= 11 is 0. The lowest BCUT2D eigenvalue weighted by Crippen LogP contribution is -2.41. The summed E-state index contributed by atoms with van der Waals surface area (Å²) in [5.74, 6) is 0.465. The average molecular weight is 301 g/mol. The van der Waals surface area contributed by atoms with Crippen LogP contribution in [0.5, 0.6) is 0 Å². The Kier molecular flexibility index (Phi) is 5.91. The van der Waals surface area contributed by atoms with E-state index in [0.717, 1.165) is 6.42 Å². The third-order valence-electron chi connectivity index (χ3n) is 3.06. The molecule has 0 amide bonds. The maximum absolute atomic E-state index is 12.1. The first-order valence-corrected chi connectivity index (χ1v) is 8.05. The number of hydrogen-bond acceptors (Lipinski definition) is 4. The predicted octanol–water partition coefficient (Wildman–Crippen LogP) is 0.630. The molecule has 114 valence electrons. The molecule has 6 nitrogen and oxygen atoms in total. The second-order valence-corrected chi connectivity index (χ2v) is 7.21. The van der Waals surface area contributed by atoms with Gasteiger partial charge in [-0.25, -0.2) is 13.1 Å². The van der Waals surface area contributed by atoms with Crippen molar-refractivity contribution in [2.24, 2.45) is 5.92 Å². The van der Waals surface area contributed by atoms with E-state index in [9.17, 15) is 13.2 Å². The van der Waals surface area contributed by atoms with E-state index in [-0.39, 0.29) is 17.5 Å². The zero-order valence-electron chi connectivity index (χ0n) is 12.4. The fourth-order valence-electron chi connectivity index (χ4n) is 1.92. The van der Waals surface area contributed by atoms with Gasteiger partial charge in [0, 0.05) is 31.0 Å². The van der Waals surface area contributed by atoms with E-state index in [1.807, 2.05) is 19.0 Å². The first-order valence-electron chi connectivity index (χ1n) is 6.57. The highest BCUT2D eigenvalue weighted by Crippen LogP contribution is 2.09. The van der Waals surface area contributed by atoms with Crippen LogP contribution in [-0.4, -0.2) is 45.0 Å². The average Bonchev–Trinajstić information content (AvgIpc) is 2.34. The third-order valence-corrected chi connectivity index (χ3v) is 4.51. The zero-order chi connectivity index (χ0) is 15.3. The Balaban J connectivity index is 2.82. The van der Waals surface area contributed by atoms with Gasteiger partial charge in [-0.1, -0.05) is 13.8 Å². The molecule has 0 spiro atoms. The van der Waals surface area contributed by atoms with Crippen LogP contribution in [0.1, 0.15) is 20.3 Å². The zero-order valence-corrected chi connectivity index (χ0v) is 13.2. The Morgan fingerprint density at radius 1 is 1.35 bits per heavy atom. The van der Waals surface area contributed by atoms with Gasteiger partial charge in [0.05, 0.1) is 0 Å². The molecule has 0 radical (unpaired) electrons. The molecule has 0 bridgehead atoms. The molecular weight excluding hydrogens is 278 g/mol. The highest BCUT2D eigenvalue weighted by Gasteiger charge is 2.21. The maximum atomic E-state index is 12.1. The lowest BCUT2D eigenvalue weighted by Gasteiger charge is -2.26. The van der Waals surface area contributed by atoms with E-state index >= 15 is 0 Å². The van der Waals surface area contributed by atoms with Gasteiger partial charge in [0.2, 0.25) is 15.5 Å². The molecule has 1 aromatic heterocycles. The Morgan fingerprint density at radius 3 is 2.50 bits per heavy atom. The summed E-state index contributed by atoms with van der Waals surface area (Å²) in [7, 11) is 0.0510. The number of pyridine rings is 1. The molecule has 2 N–H and O–H groups in total. The molecule has 20 heavy (non-hydrogen) atoms. The molecule has 0 saturated carbocycles. The van der Waals surface area contributed by atoms with Gasteiger partial charge in [0.1, 0.15) is 4.90 Å². The van der Waals surface area contributed by atoms with E-state index < -0.39 is 15.5 Å². The predicted molar refractivity (Wildman–Crippen MR) is 79.2 cm³/mol. The van der Waals surface area contributed by atoms with Crippen molar-refractivity contribution in [2.45, 2.75) is 31.2 Å². The van der Waals surface area contributed by atoms with E-state index in [1.54, 1.807) is 0 Å². The van der Waals surface area contributed by atoms with Gasteiger partial charge in [-0.3, -0.25) is 4.79 Å². The van der Waals surface area contributed by atoms with Crippen LogP contribution in [0.15, 0.2) is 28.2 Å². The summed E-state index contributed by atoms with van der Waals surface area (Å²) in [5.41, 5.74) is -0.512. The minimum Gasteiger partial charge on any atom is -0.366 e. The Morgan fingerprint density at radius 2 is 2.00 bits per heavy atom. The lowest BCUT2D eigenvalue weighted by molar-refractivity contribution is 0.255. The largest absolute Gasteiger partial charge is 0.366 e. The number of nitrogens with one attached hydrogen (secondary N) is 2. The molecule has 1 rings (SSSR count). The van der Waals surface area contributed by atoms with Crippen LogP contribution in [0.4, 0.5) is 0 Å². The number of aromatic amines is 1. The van der Waals surface area contributed by atoms with Crippen molar-refractivity contribution < 1.29 is 8.42 Å². The molecule has 7 heteroatoms. The standard InChI is InChI=1S/C13H23N3O3S/c1-10(2)7-11(16(3)4)8-15-20(18,19)13-9-14-6-5-12(13)17/h5-6,9-11,15H,7-8H2,1-4H3,(H,14,17). The third kappa shape index (κ3) is 4.73. The molecule has 0 aliphatic heterocycles. The Bertz CT molecular complexity index is 579. The van der Waals surface area contributed by atoms with Crippen LogP contribution in [0, 0.1) is 5.92 Å². The Hall–Kier alpha value is -1.18. The highest BCUT2D eigenvalue weighted by atomic mass is 32.2. The van der Waals surface area contributed by atoms with Crippen LogP contribution in [-0.2, 0) is 10.0 Å². The van der Waals surface area contributed by atoms with Gasteiger partial charge < -0.3 is 9.88 Å². The summed E-state index contributed by atoms with van der Waals surface area (Å²) in [6, 6.07) is 1.29. The van der Waals surface area contributed by atoms with Crippen molar-refractivity contribution in [2.75, 3.05) is 20.6 Å². The van der Waals surface area contributed by atoms with Gasteiger partial charge in [-0.15, -0.1) is 0 Å². The molecule has 1 unspecified atom stereocenters. The fourth-order valence-corrected chi connectivity index (χ4v) is 3.04. The van der Waals surface area contributed by atoms with Crippen LogP contribution in [0.25, 0.3) is 0 Å². The number of H-pyrrole nitrogens is 1. The smallest absolute Gasteiger partial charge is 0.245 e. The van der Waals surface area contributed by atoms with Crippen LogP contribution < -0.4 is 10.2 Å². The number of aromatic nitrogens is 1. The molecule has 0 fully saturated rings. The van der Waals surface area contributed by atoms with Crippen LogP contribution >= 0.6 is 0 Å². The fraction of sp³-hybridized carbons (Fsp3) is 0.615. The van der Waals surface area contributed by atoms with Crippen molar-refractivity contribution in [1.29, 1.82) is 0 Å². The van der Waals surface area contributed by atoms with E-state index in [4.69, 9.17) is 0 Å². The van der Waals surface area contributed by atoms with Crippen molar-refractivity contribution in [3.8, 4) is 0 Å². The van der Waals surface area contributed by atoms with Crippen LogP contribution in [0.3, 0.4) is 0 Å². The van der Waals surface area contributed by atoms with Gasteiger partial charge in [0.25, 0.3) is 0 Å². The maximum Gasteiger partial charge on any atom is 0.245 e. The number of sulfonamides is 1. The van der Waals surface area contributed by atoms with Crippen molar-refractivity contribution in [3.63, 3.8) is 0 Å². The Labute approximate surface area is 120 Å². The first-order chi connectivity index (χ1) is 9.24. The molecular formula is C13H23N3O3S. The minimum atomic E-state index is -3.78.